The molecule has 2 aromatic rings. The number of hydrogen-bond acceptors (Lipinski definition) is 7. The van der Waals surface area contributed by atoms with E-state index < -0.39 is 50.6 Å². The van der Waals surface area contributed by atoms with Crippen LogP contribution in [0.5, 0.6) is 5.88 Å². The Morgan fingerprint density at radius 1 is 1.30 bits per heavy atom. The predicted molar refractivity (Wildman–Crippen MR) is 97.5 cm³/mol. The number of aromatic amines is 1. The highest BCUT2D eigenvalue weighted by molar-refractivity contribution is 9.10. The van der Waals surface area contributed by atoms with Crippen molar-refractivity contribution in [1.29, 1.82) is 0 Å². The van der Waals surface area contributed by atoms with Crippen LogP contribution in [0, 0.1) is 0 Å². The van der Waals surface area contributed by atoms with Crippen LogP contribution in [0.4, 0.5) is 0 Å². The average Bonchev–Trinajstić information content (AvgIpc) is 2.53. The molecule has 0 spiro atoms. The third-order valence-electron chi connectivity index (χ3n) is 3.24. The molecular weight excluding hydrogens is 450 g/mol. The number of aromatic nitrogens is 2. The summed E-state index contributed by atoms with van der Waals surface area (Å²) in [5.74, 6) is -3.74. The number of carboxylic acid groups (broad SMARTS) is 1. The van der Waals surface area contributed by atoms with E-state index in [0.29, 0.717) is 10.7 Å². The van der Waals surface area contributed by atoms with Crippen LogP contribution in [-0.4, -0.2) is 56.7 Å². The van der Waals surface area contributed by atoms with E-state index in [1.165, 1.54) is 12.1 Å². The molecule has 11 nitrogen and oxygen atoms in total. The molecule has 1 heterocycles. The molecule has 0 unspecified atom stereocenters. The number of rotatable bonds is 6. The third kappa shape index (κ3) is 5.12. The number of hydrogen-bond donors (Lipinski definition) is 4. The van der Waals surface area contributed by atoms with Crippen LogP contribution in [0.2, 0.25) is 0 Å². The summed E-state index contributed by atoms with van der Waals surface area (Å²) in [5.41, 5.74) is -2.39. The number of halogens is 1. The number of carboxylic acids is 1. The molecule has 0 radical (unpaired) electrons. The van der Waals surface area contributed by atoms with Gasteiger partial charge in [-0.3, -0.25) is 19.3 Å². The third-order valence-corrected chi connectivity index (χ3v) is 4.51. The minimum atomic E-state index is -4.66. The van der Waals surface area contributed by atoms with E-state index in [9.17, 15) is 27.9 Å². The van der Waals surface area contributed by atoms with Crippen molar-refractivity contribution < 1.29 is 28.0 Å². The standard InChI is InChI=1S/C14H12BrN3O8S/c15-7-1-3-8(4-2-7)18-12(20)9(11(19)17-14(18)23)5-16-10(13(21)22)6-27(24,25)26/h1-5,10,20H,6H2,(H,21,22)(H,17,19,23)(H,24,25,26)/t10-/m1/s1. The smallest absolute Gasteiger partial charge is 0.335 e. The Balaban J connectivity index is 2.56. The first-order chi connectivity index (χ1) is 12.5. The van der Waals surface area contributed by atoms with Gasteiger partial charge in [-0.05, 0) is 24.3 Å². The molecule has 0 saturated heterocycles. The molecule has 0 amide bonds. The second-order valence-electron chi connectivity index (χ2n) is 5.19. The number of benzene rings is 1. The quantitative estimate of drug-likeness (QED) is 0.335. The number of nitrogens with zero attached hydrogens (tertiary/aromatic N) is 2. The summed E-state index contributed by atoms with van der Waals surface area (Å²) in [6.45, 7) is 0. The lowest BCUT2D eigenvalue weighted by Gasteiger charge is -2.10. The molecular formula is C14H12BrN3O8S. The SMILES string of the molecule is O=C(O)[C@@H](CS(=O)(=O)O)N=Cc1c(O)n(-c2ccc(Br)cc2)c(=O)[nH]c1=O. The maximum Gasteiger partial charge on any atom is 0.335 e. The number of carbonyl (C=O) groups is 1. The Morgan fingerprint density at radius 2 is 1.89 bits per heavy atom. The second kappa shape index (κ2) is 7.85. The van der Waals surface area contributed by atoms with Gasteiger partial charge >= 0.3 is 11.7 Å². The van der Waals surface area contributed by atoms with Crippen molar-refractivity contribution in [2.24, 2.45) is 4.99 Å². The number of aromatic hydroxyl groups is 1. The van der Waals surface area contributed by atoms with Crippen molar-refractivity contribution >= 4 is 38.2 Å². The van der Waals surface area contributed by atoms with Gasteiger partial charge in [0, 0.05) is 10.7 Å². The molecule has 0 bridgehead atoms. The van der Waals surface area contributed by atoms with Gasteiger partial charge in [0.05, 0.1) is 5.69 Å². The number of aliphatic carboxylic acids is 1. The van der Waals surface area contributed by atoms with Gasteiger partial charge in [0.1, 0.15) is 11.3 Å². The van der Waals surface area contributed by atoms with Crippen LogP contribution in [0.25, 0.3) is 5.69 Å². The van der Waals surface area contributed by atoms with E-state index in [2.05, 4.69) is 20.9 Å². The molecule has 1 atom stereocenters. The van der Waals surface area contributed by atoms with Gasteiger partial charge in [-0.25, -0.2) is 14.2 Å². The van der Waals surface area contributed by atoms with E-state index in [0.717, 1.165) is 4.57 Å². The summed E-state index contributed by atoms with van der Waals surface area (Å²) in [6.07, 6.45) is 0.618. The van der Waals surface area contributed by atoms with Crippen molar-refractivity contribution in [3.63, 3.8) is 0 Å². The summed E-state index contributed by atoms with van der Waals surface area (Å²) in [4.78, 5) is 40.3. The molecule has 0 fully saturated rings. The zero-order chi connectivity index (χ0) is 20.4. The zero-order valence-corrected chi connectivity index (χ0v) is 15.6. The van der Waals surface area contributed by atoms with Crippen molar-refractivity contribution in [3.05, 3.63) is 55.1 Å². The minimum Gasteiger partial charge on any atom is -0.493 e. The Morgan fingerprint density at radius 3 is 2.41 bits per heavy atom. The highest BCUT2D eigenvalue weighted by atomic mass is 79.9. The molecule has 2 rings (SSSR count). The topological polar surface area (TPSA) is 179 Å². The molecule has 0 saturated carbocycles. The Kier molecular flexibility index (Phi) is 5.98. The Bertz CT molecular complexity index is 1120. The van der Waals surface area contributed by atoms with Crippen LogP contribution >= 0.6 is 15.9 Å². The van der Waals surface area contributed by atoms with Crippen LogP contribution in [0.15, 0.2) is 43.3 Å². The Labute approximate surface area is 159 Å². The second-order valence-corrected chi connectivity index (χ2v) is 7.60. The predicted octanol–water partition coefficient (Wildman–Crippen LogP) is -0.246. The molecule has 1 aromatic heterocycles. The molecule has 0 aliphatic rings. The van der Waals surface area contributed by atoms with Crippen LogP contribution in [0.3, 0.4) is 0 Å². The summed E-state index contributed by atoms with van der Waals surface area (Å²) in [7, 11) is -4.66. The lowest BCUT2D eigenvalue weighted by molar-refractivity contribution is -0.137. The van der Waals surface area contributed by atoms with E-state index in [1.54, 1.807) is 12.1 Å². The van der Waals surface area contributed by atoms with Gasteiger partial charge in [0.2, 0.25) is 5.88 Å². The normalized spacial score (nSPS) is 13.0. The monoisotopic (exact) mass is 461 g/mol. The first kappa shape index (κ1) is 20.5. The van der Waals surface area contributed by atoms with Gasteiger partial charge in [-0.15, -0.1) is 0 Å². The van der Waals surface area contributed by atoms with E-state index in [4.69, 9.17) is 9.66 Å². The lowest BCUT2D eigenvalue weighted by Crippen LogP contribution is -2.32. The maximum absolute atomic E-state index is 12.0. The molecule has 13 heteroatoms. The zero-order valence-electron chi connectivity index (χ0n) is 13.2. The molecule has 0 aliphatic heterocycles. The van der Waals surface area contributed by atoms with Crippen LogP contribution < -0.4 is 11.2 Å². The van der Waals surface area contributed by atoms with Gasteiger partial charge < -0.3 is 10.2 Å². The Hall–Kier alpha value is -2.77. The van der Waals surface area contributed by atoms with Crippen molar-refractivity contribution in [3.8, 4) is 11.6 Å². The first-order valence-corrected chi connectivity index (χ1v) is 9.45. The number of nitrogens with one attached hydrogen (secondary N) is 1. The molecule has 0 aliphatic carbocycles. The van der Waals surface area contributed by atoms with Crippen molar-refractivity contribution in [2.45, 2.75) is 6.04 Å². The van der Waals surface area contributed by atoms with Crippen LogP contribution in [-0.2, 0) is 14.9 Å². The van der Waals surface area contributed by atoms with Crippen molar-refractivity contribution in [2.75, 3.05) is 5.75 Å². The highest BCUT2D eigenvalue weighted by Crippen LogP contribution is 2.18. The lowest BCUT2D eigenvalue weighted by atomic mass is 10.3. The van der Waals surface area contributed by atoms with Gasteiger partial charge in [0.15, 0.2) is 6.04 Å². The largest absolute Gasteiger partial charge is 0.493 e. The van der Waals surface area contributed by atoms with E-state index in [1.807, 2.05) is 4.98 Å². The average molecular weight is 462 g/mol. The number of H-pyrrole nitrogens is 1. The fraction of sp³-hybridized carbons (Fsp3) is 0.143. The van der Waals surface area contributed by atoms with Crippen LogP contribution in [0.1, 0.15) is 5.56 Å². The molecule has 27 heavy (non-hydrogen) atoms. The van der Waals surface area contributed by atoms with E-state index in [-0.39, 0.29) is 5.69 Å². The maximum atomic E-state index is 12.0. The first-order valence-electron chi connectivity index (χ1n) is 7.05. The molecule has 1 aromatic carbocycles. The van der Waals surface area contributed by atoms with Gasteiger partial charge in [-0.1, -0.05) is 15.9 Å². The minimum absolute atomic E-state index is 0.194. The van der Waals surface area contributed by atoms with Gasteiger partial charge in [0.25, 0.3) is 15.7 Å². The summed E-state index contributed by atoms with van der Waals surface area (Å²) in [5, 5.41) is 19.2. The highest BCUT2D eigenvalue weighted by Gasteiger charge is 2.23. The molecule has 4 N–H and O–H groups in total. The summed E-state index contributed by atoms with van der Waals surface area (Å²) >= 11 is 3.21. The number of aliphatic imine (C=N–C) groups is 1. The summed E-state index contributed by atoms with van der Waals surface area (Å²) < 4.78 is 31.9. The molecule has 144 valence electrons. The van der Waals surface area contributed by atoms with Gasteiger partial charge in [-0.2, -0.15) is 8.42 Å². The van der Waals surface area contributed by atoms with E-state index >= 15 is 0 Å². The fourth-order valence-corrected chi connectivity index (χ4v) is 2.92. The summed E-state index contributed by atoms with van der Waals surface area (Å²) in [6, 6.07) is 4.15. The van der Waals surface area contributed by atoms with Crippen molar-refractivity contribution in [1.82, 2.24) is 9.55 Å². The fourth-order valence-electron chi connectivity index (χ4n) is 2.03.